The second-order valence-electron chi connectivity index (χ2n) is 5.20. The van der Waals surface area contributed by atoms with Crippen molar-refractivity contribution in [2.75, 3.05) is 26.2 Å². The van der Waals surface area contributed by atoms with Crippen LogP contribution in [0.15, 0.2) is 0 Å². The molecule has 0 spiro atoms. The predicted octanol–water partition coefficient (Wildman–Crippen LogP) is 1.31. The van der Waals surface area contributed by atoms with Crippen molar-refractivity contribution in [2.45, 2.75) is 46.1 Å². The maximum Gasteiger partial charge on any atom is 0.293 e. The fourth-order valence-corrected chi connectivity index (χ4v) is 2.86. The van der Waals surface area contributed by atoms with Crippen LogP contribution < -0.4 is 0 Å². The highest BCUT2D eigenvalue weighted by Crippen LogP contribution is 2.17. The highest BCUT2D eigenvalue weighted by Gasteiger charge is 2.27. The monoisotopic (exact) mass is 279 g/mol. The number of hydrogen-bond donors (Lipinski definition) is 1. The van der Waals surface area contributed by atoms with Gasteiger partial charge in [-0.1, -0.05) is 20.8 Å². The van der Waals surface area contributed by atoms with Crippen molar-refractivity contribution >= 4 is 5.91 Å². The average Bonchev–Trinajstić information content (AvgIpc) is 2.97. The topological polar surface area (TPSA) is 65.1 Å². The molecule has 0 unspecified atom stereocenters. The number of piperidine rings is 1. The number of carbonyl (C=O) groups excluding carboxylic acids is 1. The second-order valence-corrected chi connectivity index (χ2v) is 5.20. The minimum atomic E-state index is -0.0426. The van der Waals surface area contributed by atoms with Crippen LogP contribution in [0.3, 0.4) is 0 Å². The largest absolute Gasteiger partial charge is 0.336 e. The smallest absolute Gasteiger partial charge is 0.293 e. The van der Waals surface area contributed by atoms with Crippen LogP contribution in [0.4, 0.5) is 0 Å². The van der Waals surface area contributed by atoms with Crippen LogP contribution in [0, 0.1) is 0 Å². The Morgan fingerprint density at radius 3 is 2.45 bits per heavy atom. The van der Waals surface area contributed by atoms with Crippen molar-refractivity contribution in [1.82, 2.24) is 25.0 Å². The Hall–Kier alpha value is -1.43. The molecule has 112 valence electrons. The number of nitrogens with zero attached hydrogens (tertiary/aromatic N) is 4. The number of aromatic nitrogens is 3. The van der Waals surface area contributed by atoms with E-state index >= 15 is 0 Å². The fourth-order valence-electron chi connectivity index (χ4n) is 2.86. The Bertz CT molecular complexity index is 433. The third-order valence-electron chi connectivity index (χ3n) is 4.14. The molecule has 1 aromatic rings. The molecule has 2 heterocycles. The highest BCUT2D eigenvalue weighted by atomic mass is 16.2. The van der Waals surface area contributed by atoms with Crippen molar-refractivity contribution in [3.8, 4) is 0 Å². The lowest BCUT2D eigenvalue weighted by Crippen LogP contribution is -2.46. The Labute approximate surface area is 120 Å². The van der Waals surface area contributed by atoms with Crippen molar-refractivity contribution in [1.29, 1.82) is 0 Å². The van der Waals surface area contributed by atoms with Crippen LogP contribution in [0.2, 0.25) is 0 Å². The Morgan fingerprint density at radius 1 is 1.30 bits per heavy atom. The number of H-pyrrole nitrogens is 1. The zero-order chi connectivity index (χ0) is 14.5. The van der Waals surface area contributed by atoms with E-state index in [1.165, 1.54) is 0 Å². The molecule has 6 heteroatoms. The van der Waals surface area contributed by atoms with E-state index in [2.05, 4.69) is 33.9 Å². The molecule has 1 aromatic heterocycles. The lowest BCUT2D eigenvalue weighted by Gasteiger charge is -2.37. The highest BCUT2D eigenvalue weighted by molar-refractivity contribution is 5.90. The number of hydrogen-bond acceptors (Lipinski definition) is 4. The van der Waals surface area contributed by atoms with E-state index in [9.17, 15) is 4.79 Å². The first-order valence-electron chi connectivity index (χ1n) is 7.64. The second kappa shape index (κ2) is 6.83. The fraction of sp³-hybridized carbons (Fsp3) is 0.786. The number of carbonyl (C=O) groups is 1. The number of amides is 1. The van der Waals surface area contributed by atoms with Crippen molar-refractivity contribution < 1.29 is 4.79 Å². The Kier molecular flexibility index (Phi) is 5.11. The van der Waals surface area contributed by atoms with E-state index in [0.29, 0.717) is 11.9 Å². The molecule has 1 amide bonds. The summed E-state index contributed by atoms with van der Waals surface area (Å²) < 4.78 is 0. The van der Waals surface area contributed by atoms with Gasteiger partial charge in [0.15, 0.2) is 0 Å². The molecular formula is C14H25N5O. The molecule has 1 aliphatic heterocycles. The molecule has 0 aromatic carbocycles. The molecule has 20 heavy (non-hydrogen) atoms. The number of likely N-dealkylation sites (tertiary alicyclic amines) is 1. The van der Waals surface area contributed by atoms with Crippen LogP contribution in [0.25, 0.3) is 0 Å². The maximum atomic E-state index is 12.3. The SMILES string of the molecule is CCc1nc(C(=O)N2CCC(N(CC)CC)CC2)n[nH]1. The van der Waals surface area contributed by atoms with E-state index in [4.69, 9.17) is 0 Å². The molecule has 1 N–H and O–H groups in total. The molecule has 1 fully saturated rings. The predicted molar refractivity (Wildman–Crippen MR) is 77.6 cm³/mol. The number of rotatable bonds is 5. The van der Waals surface area contributed by atoms with Gasteiger partial charge < -0.3 is 9.80 Å². The summed E-state index contributed by atoms with van der Waals surface area (Å²) >= 11 is 0. The quantitative estimate of drug-likeness (QED) is 0.882. The molecule has 6 nitrogen and oxygen atoms in total. The van der Waals surface area contributed by atoms with Crippen LogP contribution in [0.1, 0.15) is 50.1 Å². The maximum absolute atomic E-state index is 12.3. The van der Waals surface area contributed by atoms with Gasteiger partial charge in [0, 0.05) is 25.6 Å². The van der Waals surface area contributed by atoms with Crippen molar-refractivity contribution in [2.24, 2.45) is 0 Å². The molecule has 0 atom stereocenters. The number of aromatic amines is 1. The zero-order valence-electron chi connectivity index (χ0n) is 12.7. The summed E-state index contributed by atoms with van der Waals surface area (Å²) in [6, 6.07) is 0.604. The Balaban J connectivity index is 1.91. The van der Waals surface area contributed by atoms with E-state index in [1.54, 1.807) is 0 Å². The van der Waals surface area contributed by atoms with Gasteiger partial charge in [-0.05, 0) is 25.9 Å². The molecule has 0 radical (unpaired) electrons. The minimum Gasteiger partial charge on any atom is -0.336 e. The summed E-state index contributed by atoms with van der Waals surface area (Å²) in [6.45, 7) is 10.1. The third kappa shape index (κ3) is 3.17. The van der Waals surface area contributed by atoms with Gasteiger partial charge in [0.2, 0.25) is 5.82 Å². The van der Waals surface area contributed by atoms with Gasteiger partial charge in [0.25, 0.3) is 5.91 Å². The summed E-state index contributed by atoms with van der Waals surface area (Å²) in [5.74, 6) is 1.04. The van der Waals surface area contributed by atoms with Crippen LogP contribution >= 0.6 is 0 Å². The van der Waals surface area contributed by atoms with Crippen LogP contribution in [-0.4, -0.2) is 63.1 Å². The van der Waals surface area contributed by atoms with E-state index < -0.39 is 0 Å². The number of aryl methyl sites for hydroxylation is 1. The summed E-state index contributed by atoms with van der Waals surface area (Å²) in [7, 11) is 0. The molecule has 0 bridgehead atoms. The first-order valence-corrected chi connectivity index (χ1v) is 7.64. The van der Waals surface area contributed by atoms with Gasteiger partial charge >= 0.3 is 0 Å². The third-order valence-corrected chi connectivity index (χ3v) is 4.14. The summed E-state index contributed by atoms with van der Waals surface area (Å²) in [5.41, 5.74) is 0. The summed E-state index contributed by atoms with van der Waals surface area (Å²) in [6.07, 6.45) is 2.85. The number of nitrogens with one attached hydrogen (secondary N) is 1. The van der Waals surface area contributed by atoms with Crippen LogP contribution in [-0.2, 0) is 6.42 Å². The van der Waals surface area contributed by atoms with Gasteiger partial charge in [0.1, 0.15) is 5.82 Å². The standard InChI is InChI=1S/C14H25N5O/c1-4-12-15-13(17-16-12)14(20)19-9-7-11(8-10-19)18(5-2)6-3/h11H,4-10H2,1-3H3,(H,15,16,17). The first-order chi connectivity index (χ1) is 9.69. The molecule has 1 saturated heterocycles. The molecule has 2 rings (SSSR count). The molecular weight excluding hydrogens is 254 g/mol. The molecule has 0 aliphatic carbocycles. The minimum absolute atomic E-state index is 0.0426. The lowest BCUT2D eigenvalue weighted by atomic mass is 10.0. The van der Waals surface area contributed by atoms with Crippen molar-refractivity contribution in [3.05, 3.63) is 11.6 Å². The van der Waals surface area contributed by atoms with E-state index in [0.717, 1.165) is 51.3 Å². The van der Waals surface area contributed by atoms with Crippen LogP contribution in [0.5, 0.6) is 0 Å². The van der Waals surface area contributed by atoms with E-state index in [1.807, 2.05) is 11.8 Å². The van der Waals surface area contributed by atoms with Crippen molar-refractivity contribution in [3.63, 3.8) is 0 Å². The summed E-state index contributed by atoms with van der Waals surface area (Å²) in [4.78, 5) is 20.9. The van der Waals surface area contributed by atoms with Gasteiger partial charge in [-0.2, -0.15) is 0 Å². The lowest BCUT2D eigenvalue weighted by molar-refractivity contribution is 0.0620. The molecule has 1 aliphatic rings. The van der Waals surface area contributed by atoms with Gasteiger partial charge in [-0.25, -0.2) is 4.98 Å². The van der Waals surface area contributed by atoms with Gasteiger partial charge in [-0.3, -0.25) is 9.89 Å². The first kappa shape index (κ1) is 15.0. The summed E-state index contributed by atoms with van der Waals surface area (Å²) in [5, 5.41) is 6.81. The normalized spacial score (nSPS) is 16.9. The zero-order valence-corrected chi connectivity index (χ0v) is 12.7. The average molecular weight is 279 g/mol. The van der Waals surface area contributed by atoms with Gasteiger partial charge in [-0.15, -0.1) is 5.10 Å². The molecule has 0 saturated carbocycles. The van der Waals surface area contributed by atoms with E-state index in [-0.39, 0.29) is 5.91 Å². The van der Waals surface area contributed by atoms with Gasteiger partial charge in [0.05, 0.1) is 0 Å². The Morgan fingerprint density at radius 2 is 1.95 bits per heavy atom.